The summed E-state index contributed by atoms with van der Waals surface area (Å²) < 4.78 is 0. The molecule has 0 aliphatic rings. The van der Waals surface area contributed by atoms with Crippen molar-refractivity contribution in [1.29, 1.82) is 0 Å². The van der Waals surface area contributed by atoms with E-state index in [4.69, 9.17) is 0 Å². The molecule has 0 aliphatic carbocycles. The van der Waals surface area contributed by atoms with E-state index in [0.717, 1.165) is 12.2 Å². The number of nitrogens with one attached hydrogen (secondary N) is 1. The maximum atomic E-state index is 4.27. The summed E-state index contributed by atoms with van der Waals surface area (Å²) in [4.78, 5) is 4.27. The van der Waals surface area contributed by atoms with Crippen LogP contribution in [0, 0.1) is 5.41 Å². The zero-order valence-electron chi connectivity index (χ0n) is 8.79. The lowest BCUT2D eigenvalue weighted by molar-refractivity contribution is 0.358. The molecule has 0 saturated carbocycles. The molecule has 0 amide bonds. The molecule has 1 aromatic rings. The molecule has 0 aromatic carbocycles. The van der Waals surface area contributed by atoms with Gasteiger partial charge in [0.1, 0.15) is 0 Å². The van der Waals surface area contributed by atoms with Gasteiger partial charge >= 0.3 is 0 Å². The highest BCUT2D eigenvalue weighted by Crippen LogP contribution is 2.16. The lowest BCUT2D eigenvalue weighted by Gasteiger charge is -2.21. The number of aromatic nitrogens is 1. The lowest BCUT2D eigenvalue weighted by atomic mass is 9.96. The van der Waals surface area contributed by atoms with Crippen molar-refractivity contribution in [2.45, 2.75) is 33.7 Å². The zero-order chi connectivity index (χ0) is 9.90. The first-order valence-electron chi connectivity index (χ1n) is 4.60. The molecule has 1 atom stereocenters. The van der Waals surface area contributed by atoms with E-state index in [1.807, 2.05) is 5.51 Å². The number of nitrogens with zero attached hydrogens (tertiary/aromatic N) is 1. The van der Waals surface area contributed by atoms with Gasteiger partial charge in [-0.05, 0) is 12.3 Å². The molecule has 3 heteroatoms. The van der Waals surface area contributed by atoms with Gasteiger partial charge in [0.25, 0.3) is 0 Å². The first-order chi connectivity index (χ1) is 5.99. The van der Waals surface area contributed by atoms with Gasteiger partial charge in [-0.1, -0.05) is 20.8 Å². The van der Waals surface area contributed by atoms with Gasteiger partial charge in [-0.2, -0.15) is 0 Å². The fraction of sp³-hybridized carbons (Fsp3) is 0.700. The minimum atomic E-state index is 0.338. The van der Waals surface area contributed by atoms with Gasteiger partial charge in [0.15, 0.2) is 0 Å². The highest BCUT2D eigenvalue weighted by atomic mass is 32.1. The minimum absolute atomic E-state index is 0.338. The first-order valence-corrected chi connectivity index (χ1v) is 5.55. The highest BCUT2D eigenvalue weighted by Gasteiger charge is 2.13. The summed E-state index contributed by atoms with van der Waals surface area (Å²) in [6, 6.07) is 0.366. The van der Waals surface area contributed by atoms with Crippen molar-refractivity contribution < 1.29 is 0 Å². The summed E-state index contributed by atoms with van der Waals surface area (Å²) in [6.45, 7) is 9.86. The molecular formula is C10H18N2S. The molecule has 74 valence electrons. The Morgan fingerprint density at radius 3 is 2.69 bits per heavy atom. The smallest absolute Gasteiger partial charge is 0.0795 e. The molecule has 0 bridgehead atoms. The van der Waals surface area contributed by atoms with E-state index >= 15 is 0 Å². The summed E-state index contributed by atoms with van der Waals surface area (Å²) in [5.74, 6) is 0. The van der Waals surface area contributed by atoms with Crippen LogP contribution in [0.2, 0.25) is 0 Å². The predicted molar refractivity (Wildman–Crippen MR) is 58.0 cm³/mol. The van der Waals surface area contributed by atoms with E-state index in [-0.39, 0.29) is 0 Å². The van der Waals surface area contributed by atoms with Crippen molar-refractivity contribution in [3.05, 3.63) is 16.6 Å². The van der Waals surface area contributed by atoms with Crippen LogP contribution in [0.3, 0.4) is 0 Å². The van der Waals surface area contributed by atoms with E-state index in [2.05, 4.69) is 43.4 Å². The fourth-order valence-corrected chi connectivity index (χ4v) is 1.65. The van der Waals surface area contributed by atoms with Crippen molar-refractivity contribution >= 4 is 11.3 Å². The van der Waals surface area contributed by atoms with Crippen LogP contribution in [0.5, 0.6) is 0 Å². The number of hydrogen-bond acceptors (Lipinski definition) is 3. The largest absolute Gasteiger partial charge is 0.308 e. The van der Waals surface area contributed by atoms with Gasteiger partial charge in [-0.15, -0.1) is 11.3 Å². The highest BCUT2D eigenvalue weighted by molar-refractivity contribution is 7.07. The summed E-state index contributed by atoms with van der Waals surface area (Å²) >= 11 is 1.65. The predicted octanol–water partition coefficient (Wildman–Crippen LogP) is 2.84. The van der Waals surface area contributed by atoms with Crippen molar-refractivity contribution in [3.63, 3.8) is 0 Å². The van der Waals surface area contributed by atoms with Gasteiger partial charge in [0.05, 0.1) is 11.2 Å². The zero-order valence-corrected chi connectivity index (χ0v) is 9.61. The van der Waals surface area contributed by atoms with Crippen LogP contribution in [0.1, 0.15) is 39.4 Å². The molecule has 0 radical (unpaired) electrons. The van der Waals surface area contributed by atoms with Gasteiger partial charge in [0.2, 0.25) is 0 Å². The van der Waals surface area contributed by atoms with Gasteiger partial charge in [-0.25, -0.2) is 4.98 Å². The summed E-state index contributed by atoms with van der Waals surface area (Å²) in [5, 5.41) is 5.57. The van der Waals surface area contributed by atoms with E-state index in [1.165, 1.54) is 0 Å². The molecule has 1 heterocycles. The third kappa shape index (κ3) is 3.87. The Kier molecular flexibility index (Phi) is 3.45. The minimum Gasteiger partial charge on any atom is -0.308 e. The first kappa shape index (κ1) is 10.7. The third-order valence-electron chi connectivity index (χ3n) is 1.83. The average molecular weight is 198 g/mol. The molecule has 1 rings (SSSR count). The molecule has 0 spiro atoms. The second-order valence-corrected chi connectivity index (χ2v) is 5.30. The van der Waals surface area contributed by atoms with Crippen LogP contribution in [0.25, 0.3) is 0 Å². The molecule has 0 fully saturated rings. The summed E-state index contributed by atoms with van der Waals surface area (Å²) in [5.41, 5.74) is 3.36. The molecule has 1 aromatic heterocycles. The molecule has 1 unspecified atom stereocenters. The number of hydrogen-bond donors (Lipinski definition) is 1. The van der Waals surface area contributed by atoms with Crippen LogP contribution in [0.15, 0.2) is 10.9 Å². The summed E-state index contributed by atoms with van der Waals surface area (Å²) in [6.07, 6.45) is 0. The van der Waals surface area contributed by atoms with Crippen molar-refractivity contribution in [3.8, 4) is 0 Å². The summed E-state index contributed by atoms with van der Waals surface area (Å²) in [7, 11) is 0. The Labute approximate surface area is 84.4 Å². The fourth-order valence-electron chi connectivity index (χ4n) is 1.000. The average Bonchev–Trinajstić information content (AvgIpc) is 2.50. The Morgan fingerprint density at radius 1 is 1.54 bits per heavy atom. The molecular weight excluding hydrogens is 180 g/mol. The molecule has 1 N–H and O–H groups in total. The normalized spacial score (nSPS) is 14.5. The van der Waals surface area contributed by atoms with Gasteiger partial charge in [0, 0.05) is 18.0 Å². The topological polar surface area (TPSA) is 24.9 Å². The van der Waals surface area contributed by atoms with Crippen LogP contribution in [-0.4, -0.2) is 11.5 Å². The van der Waals surface area contributed by atoms with E-state index < -0.39 is 0 Å². The SMILES string of the molecule is CC(NCC(C)(C)C)c1cscn1. The second kappa shape index (κ2) is 4.20. The van der Waals surface area contributed by atoms with Crippen LogP contribution >= 0.6 is 11.3 Å². The van der Waals surface area contributed by atoms with E-state index in [0.29, 0.717) is 11.5 Å². The monoisotopic (exact) mass is 198 g/mol. The van der Waals surface area contributed by atoms with Crippen LogP contribution in [0.4, 0.5) is 0 Å². The molecule has 2 nitrogen and oxygen atoms in total. The lowest BCUT2D eigenvalue weighted by Crippen LogP contribution is -2.29. The maximum Gasteiger partial charge on any atom is 0.0795 e. The van der Waals surface area contributed by atoms with Gasteiger partial charge in [-0.3, -0.25) is 0 Å². The van der Waals surface area contributed by atoms with Crippen molar-refractivity contribution in [2.24, 2.45) is 5.41 Å². The maximum absolute atomic E-state index is 4.27. The molecule has 0 aliphatic heterocycles. The Bertz CT molecular complexity index is 236. The van der Waals surface area contributed by atoms with Gasteiger partial charge < -0.3 is 5.32 Å². The third-order valence-corrected chi connectivity index (χ3v) is 2.44. The van der Waals surface area contributed by atoms with E-state index in [1.54, 1.807) is 11.3 Å². The molecule has 13 heavy (non-hydrogen) atoms. The standard InChI is InChI=1S/C10H18N2S/c1-8(9-5-13-7-12-9)11-6-10(2,3)4/h5,7-8,11H,6H2,1-4H3. The van der Waals surface area contributed by atoms with Crippen LogP contribution in [-0.2, 0) is 0 Å². The van der Waals surface area contributed by atoms with Crippen molar-refractivity contribution in [1.82, 2.24) is 10.3 Å². The van der Waals surface area contributed by atoms with Crippen LogP contribution < -0.4 is 5.32 Å². The van der Waals surface area contributed by atoms with E-state index in [9.17, 15) is 0 Å². The Morgan fingerprint density at radius 2 is 2.23 bits per heavy atom. The Balaban J connectivity index is 2.39. The number of rotatable bonds is 3. The van der Waals surface area contributed by atoms with Crippen molar-refractivity contribution in [2.75, 3.05) is 6.54 Å². The number of thiazole rings is 1. The molecule has 0 saturated heterocycles. The quantitative estimate of drug-likeness (QED) is 0.808. The Hall–Kier alpha value is -0.410. The second-order valence-electron chi connectivity index (χ2n) is 4.58.